The van der Waals surface area contributed by atoms with Gasteiger partial charge in [0.15, 0.2) is 6.61 Å². The lowest BCUT2D eigenvalue weighted by Crippen LogP contribution is -2.15. The Bertz CT molecular complexity index is 447. The van der Waals surface area contributed by atoms with Crippen LogP contribution in [0.5, 0.6) is 5.75 Å². The van der Waals surface area contributed by atoms with Crippen molar-refractivity contribution in [3.63, 3.8) is 0 Å². The third-order valence-corrected chi connectivity index (χ3v) is 2.38. The number of methoxy groups -OCH3 is 1. The largest absolute Gasteiger partial charge is 0.482 e. The first-order chi connectivity index (χ1) is 9.65. The smallest absolute Gasteiger partial charge is 0.343 e. The van der Waals surface area contributed by atoms with Gasteiger partial charge in [-0.3, -0.25) is 4.79 Å². The molecule has 0 heterocycles. The van der Waals surface area contributed by atoms with Gasteiger partial charge in [-0.25, -0.2) is 4.79 Å². The van der Waals surface area contributed by atoms with Crippen molar-refractivity contribution in [1.29, 1.82) is 0 Å². The monoisotopic (exact) mass is 281 g/mol. The van der Waals surface area contributed by atoms with Gasteiger partial charge in [-0.1, -0.05) is 6.07 Å². The number of hydrogen-bond donors (Lipinski definition) is 1. The van der Waals surface area contributed by atoms with Gasteiger partial charge in [0.1, 0.15) is 5.75 Å². The summed E-state index contributed by atoms with van der Waals surface area (Å²) in [5.41, 5.74) is 0.605. The topological polar surface area (TPSA) is 73.9 Å². The molecule has 0 bridgehead atoms. The molecule has 1 aromatic carbocycles. The molecule has 0 aliphatic carbocycles. The van der Waals surface area contributed by atoms with E-state index in [0.717, 1.165) is 0 Å². The predicted octanol–water partition coefficient (Wildman–Crippen LogP) is 1.60. The summed E-state index contributed by atoms with van der Waals surface area (Å²) >= 11 is 0. The van der Waals surface area contributed by atoms with Crippen LogP contribution in [0.25, 0.3) is 0 Å². The van der Waals surface area contributed by atoms with E-state index in [1.165, 1.54) is 7.11 Å². The molecule has 1 rings (SSSR count). The first-order valence-corrected chi connectivity index (χ1v) is 6.33. The molecule has 0 saturated carbocycles. The van der Waals surface area contributed by atoms with Crippen LogP contribution in [-0.4, -0.2) is 38.8 Å². The van der Waals surface area contributed by atoms with E-state index in [1.54, 1.807) is 24.3 Å². The number of nitrogens with one attached hydrogen (secondary N) is 1. The molecule has 1 aromatic rings. The minimum absolute atomic E-state index is 0.136. The van der Waals surface area contributed by atoms with E-state index in [1.807, 2.05) is 6.92 Å². The maximum absolute atomic E-state index is 11.6. The quantitative estimate of drug-likeness (QED) is 0.579. The number of carbonyl (C=O) groups is 2. The van der Waals surface area contributed by atoms with E-state index in [0.29, 0.717) is 31.1 Å². The molecule has 0 aromatic heterocycles. The molecule has 0 saturated heterocycles. The third kappa shape index (κ3) is 6.19. The van der Waals surface area contributed by atoms with Crippen LogP contribution in [0.1, 0.15) is 13.3 Å². The van der Waals surface area contributed by atoms with Gasteiger partial charge in [0.25, 0.3) is 0 Å². The maximum atomic E-state index is 11.6. The van der Waals surface area contributed by atoms with Crippen LogP contribution in [-0.2, 0) is 19.1 Å². The van der Waals surface area contributed by atoms with Gasteiger partial charge in [0, 0.05) is 18.4 Å². The highest BCUT2D eigenvalue weighted by Gasteiger charge is 2.05. The van der Waals surface area contributed by atoms with E-state index in [2.05, 4.69) is 10.1 Å². The molecule has 0 unspecified atom stereocenters. The second-order valence-corrected chi connectivity index (χ2v) is 3.89. The fourth-order valence-electron chi connectivity index (χ4n) is 1.40. The minimum Gasteiger partial charge on any atom is -0.482 e. The van der Waals surface area contributed by atoms with E-state index in [-0.39, 0.29) is 12.5 Å². The van der Waals surface area contributed by atoms with Gasteiger partial charge < -0.3 is 19.5 Å². The average molecular weight is 281 g/mol. The zero-order valence-corrected chi connectivity index (χ0v) is 11.7. The van der Waals surface area contributed by atoms with Crippen molar-refractivity contribution in [2.45, 2.75) is 13.3 Å². The molecule has 0 aliphatic heterocycles. The van der Waals surface area contributed by atoms with Crippen LogP contribution >= 0.6 is 0 Å². The van der Waals surface area contributed by atoms with Gasteiger partial charge in [-0.2, -0.15) is 0 Å². The minimum atomic E-state index is -0.462. The number of rotatable bonds is 8. The number of ether oxygens (including phenoxy) is 3. The molecular weight excluding hydrogens is 262 g/mol. The molecular formula is C14H19NO5. The van der Waals surface area contributed by atoms with Crippen molar-refractivity contribution in [3.05, 3.63) is 24.3 Å². The Labute approximate surface area is 118 Å². The number of esters is 1. The molecule has 0 fully saturated rings. The first kappa shape index (κ1) is 16.0. The SMILES string of the molecule is CCOCCC(=O)Nc1cccc(OCC(=O)OC)c1. The van der Waals surface area contributed by atoms with Crippen molar-refractivity contribution in [3.8, 4) is 5.75 Å². The van der Waals surface area contributed by atoms with Crippen LogP contribution in [0.3, 0.4) is 0 Å². The van der Waals surface area contributed by atoms with Crippen LogP contribution in [0, 0.1) is 0 Å². The van der Waals surface area contributed by atoms with Crippen molar-refractivity contribution in [2.24, 2.45) is 0 Å². The zero-order valence-electron chi connectivity index (χ0n) is 11.7. The Kier molecular flexibility index (Phi) is 7.13. The van der Waals surface area contributed by atoms with Gasteiger partial charge in [-0.15, -0.1) is 0 Å². The van der Waals surface area contributed by atoms with Crippen molar-refractivity contribution >= 4 is 17.6 Å². The highest BCUT2D eigenvalue weighted by Crippen LogP contribution is 2.17. The fourth-order valence-corrected chi connectivity index (χ4v) is 1.40. The van der Waals surface area contributed by atoms with Gasteiger partial charge in [0.05, 0.1) is 20.1 Å². The van der Waals surface area contributed by atoms with Crippen LogP contribution in [0.2, 0.25) is 0 Å². The van der Waals surface area contributed by atoms with Gasteiger partial charge in [-0.05, 0) is 19.1 Å². The highest BCUT2D eigenvalue weighted by molar-refractivity contribution is 5.90. The summed E-state index contributed by atoms with van der Waals surface area (Å²) in [4.78, 5) is 22.6. The average Bonchev–Trinajstić information content (AvgIpc) is 2.45. The van der Waals surface area contributed by atoms with E-state index in [4.69, 9.17) is 9.47 Å². The van der Waals surface area contributed by atoms with Crippen LogP contribution in [0.15, 0.2) is 24.3 Å². The standard InChI is InChI=1S/C14H19NO5/c1-3-19-8-7-13(16)15-11-5-4-6-12(9-11)20-10-14(17)18-2/h4-6,9H,3,7-8,10H2,1-2H3,(H,15,16). The molecule has 1 N–H and O–H groups in total. The number of benzene rings is 1. The number of carbonyl (C=O) groups excluding carboxylic acids is 2. The molecule has 110 valence electrons. The van der Waals surface area contributed by atoms with Crippen LogP contribution < -0.4 is 10.1 Å². The summed E-state index contributed by atoms with van der Waals surface area (Å²) in [5, 5.41) is 2.73. The lowest BCUT2D eigenvalue weighted by Gasteiger charge is -2.08. The summed E-state index contributed by atoms with van der Waals surface area (Å²) in [7, 11) is 1.29. The van der Waals surface area contributed by atoms with Crippen molar-refractivity contribution in [1.82, 2.24) is 0 Å². The van der Waals surface area contributed by atoms with Crippen LogP contribution in [0.4, 0.5) is 5.69 Å². The Morgan fingerprint density at radius 2 is 2.10 bits per heavy atom. The first-order valence-electron chi connectivity index (χ1n) is 6.33. The Morgan fingerprint density at radius 3 is 2.80 bits per heavy atom. The van der Waals surface area contributed by atoms with Crippen molar-refractivity contribution < 1.29 is 23.8 Å². The predicted molar refractivity (Wildman–Crippen MR) is 73.7 cm³/mol. The van der Waals surface area contributed by atoms with E-state index >= 15 is 0 Å². The summed E-state index contributed by atoms with van der Waals surface area (Å²) in [5.74, 6) is -0.113. The van der Waals surface area contributed by atoms with Gasteiger partial charge in [0.2, 0.25) is 5.91 Å². The molecule has 1 amide bonds. The highest BCUT2D eigenvalue weighted by atomic mass is 16.6. The Hall–Kier alpha value is -2.08. The summed E-state index contributed by atoms with van der Waals surface area (Å²) in [6.45, 7) is 2.68. The molecule has 0 spiro atoms. The third-order valence-electron chi connectivity index (χ3n) is 2.38. The number of amides is 1. The second kappa shape index (κ2) is 8.92. The molecule has 0 aliphatic rings. The van der Waals surface area contributed by atoms with Gasteiger partial charge >= 0.3 is 5.97 Å². The maximum Gasteiger partial charge on any atom is 0.343 e. The van der Waals surface area contributed by atoms with Crippen molar-refractivity contribution in [2.75, 3.05) is 32.2 Å². The molecule has 20 heavy (non-hydrogen) atoms. The Morgan fingerprint density at radius 1 is 1.30 bits per heavy atom. The fraction of sp³-hybridized carbons (Fsp3) is 0.429. The molecule has 0 atom stereocenters. The molecule has 6 nitrogen and oxygen atoms in total. The zero-order chi connectivity index (χ0) is 14.8. The molecule has 6 heteroatoms. The van der Waals surface area contributed by atoms with E-state index in [9.17, 15) is 9.59 Å². The molecule has 0 radical (unpaired) electrons. The summed E-state index contributed by atoms with van der Waals surface area (Å²) in [6.07, 6.45) is 0.293. The Balaban J connectivity index is 2.46. The lowest BCUT2D eigenvalue weighted by molar-refractivity contribution is -0.142. The van der Waals surface area contributed by atoms with E-state index < -0.39 is 5.97 Å². The number of anilines is 1. The summed E-state index contributed by atoms with van der Waals surface area (Å²) in [6, 6.07) is 6.80. The second-order valence-electron chi connectivity index (χ2n) is 3.89. The summed E-state index contributed by atoms with van der Waals surface area (Å²) < 4.78 is 14.8. The lowest BCUT2D eigenvalue weighted by atomic mass is 10.3. The number of hydrogen-bond acceptors (Lipinski definition) is 5. The normalized spacial score (nSPS) is 9.90.